The van der Waals surface area contributed by atoms with E-state index in [4.69, 9.17) is 4.74 Å². The summed E-state index contributed by atoms with van der Waals surface area (Å²) in [4.78, 5) is 16.4. The number of carbonyl (C=O) groups is 1. The van der Waals surface area contributed by atoms with Gasteiger partial charge in [-0.3, -0.25) is 0 Å². The van der Waals surface area contributed by atoms with E-state index in [2.05, 4.69) is 22.3 Å². The summed E-state index contributed by atoms with van der Waals surface area (Å²) in [6.07, 6.45) is 0. The van der Waals surface area contributed by atoms with Crippen molar-refractivity contribution >= 4 is 11.7 Å². The normalized spacial score (nSPS) is 14.3. The minimum atomic E-state index is -0.0129. The Kier molecular flexibility index (Phi) is 5.77. The average molecular weight is 339 g/mol. The van der Waals surface area contributed by atoms with Gasteiger partial charge in [0.2, 0.25) is 0 Å². The SMILES string of the molecule is Cc1ccccc1OCCNC(=O)N1CCN(c2ccccc2)CC1. The first-order valence-electron chi connectivity index (χ1n) is 8.75. The van der Waals surface area contributed by atoms with E-state index in [1.165, 1.54) is 5.69 Å². The third kappa shape index (κ3) is 4.66. The molecule has 2 aromatic carbocycles. The summed E-state index contributed by atoms with van der Waals surface area (Å²) in [5.41, 5.74) is 2.32. The van der Waals surface area contributed by atoms with Crippen LogP contribution in [0.15, 0.2) is 54.6 Å². The smallest absolute Gasteiger partial charge is 0.317 e. The second-order valence-corrected chi connectivity index (χ2v) is 6.16. The molecule has 0 saturated carbocycles. The first kappa shape index (κ1) is 17.1. The minimum Gasteiger partial charge on any atom is -0.491 e. The molecular weight excluding hydrogens is 314 g/mol. The highest BCUT2D eigenvalue weighted by Gasteiger charge is 2.20. The highest BCUT2D eigenvalue weighted by molar-refractivity contribution is 5.74. The number of urea groups is 1. The number of hydrogen-bond acceptors (Lipinski definition) is 3. The first-order valence-corrected chi connectivity index (χ1v) is 8.75. The van der Waals surface area contributed by atoms with Crippen LogP contribution in [0.1, 0.15) is 5.56 Å². The van der Waals surface area contributed by atoms with Gasteiger partial charge in [0.05, 0.1) is 6.54 Å². The molecule has 5 heteroatoms. The predicted octanol–water partition coefficient (Wildman–Crippen LogP) is 2.91. The van der Waals surface area contributed by atoms with Crippen LogP contribution in [0.5, 0.6) is 5.75 Å². The molecule has 5 nitrogen and oxygen atoms in total. The number of ether oxygens (including phenoxy) is 1. The van der Waals surface area contributed by atoms with Crippen molar-refractivity contribution < 1.29 is 9.53 Å². The minimum absolute atomic E-state index is 0.0129. The molecule has 0 spiro atoms. The number of aryl methyl sites for hydroxylation is 1. The molecule has 0 aliphatic carbocycles. The van der Waals surface area contributed by atoms with Crippen LogP contribution in [-0.4, -0.2) is 50.3 Å². The van der Waals surface area contributed by atoms with Crippen LogP contribution in [-0.2, 0) is 0 Å². The second-order valence-electron chi connectivity index (χ2n) is 6.16. The fraction of sp³-hybridized carbons (Fsp3) is 0.350. The van der Waals surface area contributed by atoms with Crippen LogP contribution < -0.4 is 15.0 Å². The maximum atomic E-state index is 12.3. The van der Waals surface area contributed by atoms with E-state index >= 15 is 0 Å². The summed E-state index contributed by atoms with van der Waals surface area (Å²) in [7, 11) is 0. The lowest BCUT2D eigenvalue weighted by Crippen LogP contribution is -2.52. The molecule has 1 fully saturated rings. The number of rotatable bonds is 5. The summed E-state index contributed by atoms with van der Waals surface area (Å²) in [6.45, 7) is 6.18. The average Bonchev–Trinajstić information content (AvgIpc) is 2.67. The van der Waals surface area contributed by atoms with Gasteiger partial charge >= 0.3 is 6.03 Å². The molecule has 132 valence electrons. The van der Waals surface area contributed by atoms with Gasteiger partial charge in [0, 0.05) is 31.9 Å². The van der Waals surface area contributed by atoms with Crippen molar-refractivity contribution in [1.82, 2.24) is 10.2 Å². The zero-order valence-electron chi connectivity index (χ0n) is 14.6. The number of hydrogen-bond donors (Lipinski definition) is 1. The summed E-state index contributed by atoms with van der Waals surface area (Å²) < 4.78 is 5.71. The lowest BCUT2D eigenvalue weighted by atomic mass is 10.2. The fourth-order valence-electron chi connectivity index (χ4n) is 2.96. The summed E-state index contributed by atoms with van der Waals surface area (Å²) >= 11 is 0. The van der Waals surface area contributed by atoms with E-state index in [9.17, 15) is 4.79 Å². The van der Waals surface area contributed by atoms with Crippen LogP contribution in [0.4, 0.5) is 10.5 Å². The van der Waals surface area contributed by atoms with E-state index in [-0.39, 0.29) is 6.03 Å². The number of nitrogens with one attached hydrogen (secondary N) is 1. The van der Waals surface area contributed by atoms with E-state index in [1.54, 1.807) is 0 Å². The molecule has 2 amide bonds. The molecular formula is C20H25N3O2. The summed E-state index contributed by atoms with van der Waals surface area (Å²) in [5, 5.41) is 2.94. The van der Waals surface area contributed by atoms with E-state index in [0.717, 1.165) is 37.5 Å². The van der Waals surface area contributed by atoms with E-state index in [1.807, 2.05) is 54.3 Å². The molecule has 1 N–H and O–H groups in total. The Balaban J connectivity index is 1.37. The molecule has 0 unspecified atom stereocenters. The predicted molar refractivity (Wildman–Crippen MR) is 100 cm³/mol. The Morgan fingerprint density at radius 3 is 2.40 bits per heavy atom. The van der Waals surface area contributed by atoms with Crippen molar-refractivity contribution in [2.75, 3.05) is 44.2 Å². The van der Waals surface area contributed by atoms with Crippen molar-refractivity contribution in [3.8, 4) is 5.75 Å². The van der Waals surface area contributed by atoms with Crippen molar-refractivity contribution in [1.29, 1.82) is 0 Å². The van der Waals surface area contributed by atoms with Gasteiger partial charge in [-0.2, -0.15) is 0 Å². The van der Waals surface area contributed by atoms with Crippen LogP contribution in [0.25, 0.3) is 0 Å². The number of carbonyl (C=O) groups excluding carboxylic acids is 1. The van der Waals surface area contributed by atoms with Gasteiger partial charge < -0.3 is 19.9 Å². The van der Waals surface area contributed by atoms with Gasteiger partial charge in [-0.05, 0) is 30.7 Å². The molecule has 0 aromatic heterocycles. The zero-order chi connectivity index (χ0) is 17.5. The van der Waals surface area contributed by atoms with Crippen molar-refractivity contribution in [3.63, 3.8) is 0 Å². The van der Waals surface area contributed by atoms with E-state index in [0.29, 0.717) is 13.2 Å². The molecule has 0 bridgehead atoms. The van der Waals surface area contributed by atoms with Crippen LogP contribution in [0.2, 0.25) is 0 Å². The highest BCUT2D eigenvalue weighted by atomic mass is 16.5. The van der Waals surface area contributed by atoms with Gasteiger partial charge in [-0.25, -0.2) is 4.79 Å². The highest BCUT2D eigenvalue weighted by Crippen LogP contribution is 2.16. The molecule has 2 aromatic rings. The van der Waals surface area contributed by atoms with Gasteiger partial charge in [0.15, 0.2) is 0 Å². The topological polar surface area (TPSA) is 44.8 Å². The molecule has 0 atom stereocenters. The monoisotopic (exact) mass is 339 g/mol. The number of amides is 2. The van der Waals surface area contributed by atoms with Gasteiger partial charge in [-0.15, -0.1) is 0 Å². The molecule has 1 aliphatic rings. The van der Waals surface area contributed by atoms with E-state index < -0.39 is 0 Å². The Bertz CT molecular complexity index is 682. The third-order valence-corrected chi connectivity index (χ3v) is 4.42. The van der Waals surface area contributed by atoms with Crippen LogP contribution in [0, 0.1) is 6.92 Å². The quantitative estimate of drug-likeness (QED) is 0.852. The number of nitrogens with zero attached hydrogens (tertiary/aromatic N) is 2. The number of para-hydroxylation sites is 2. The first-order chi connectivity index (χ1) is 12.2. The van der Waals surface area contributed by atoms with Gasteiger partial charge in [-0.1, -0.05) is 36.4 Å². The number of anilines is 1. The molecule has 25 heavy (non-hydrogen) atoms. The molecule has 3 rings (SSSR count). The Hall–Kier alpha value is -2.69. The maximum Gasteiger partial charge on any atom is 0.317 e. The van der Waals surface area contributed by atoms with Crippen molar-refractivity contribution in [3.05, 3.63) is 60.2 Å². The maximum absolute atomic E-state index is 12.3. The van der Waals surface area contributed by atoms with Gasteiger partial charge in [0.25, 0.3) is 0 Å². The Morgan fingerprint density at radius 1 is 1.00 bits per heavy atom. The van der Waals surface area contributed by atoms with Crippen molar-refractivity contribution in [2.45, 2.75) is 6.92 Å². The number of piperazine rings is 1. The summed E-state index contributed by atoms with van der Waals surface area (Å²) in [6, 6.07) is 18.2. The van der Waals surface area contributed by atoms with Crippen LogP contribution >= 0.6 is 0 Å². The zero-order valence-corrected chi connectivity index (χ0v) is 14.6. The summed E-state index contributed by atoms with van der Waals surface area (Å²) in [5.74, 6) is 0.869. The fourth-order valence-corrected chi connectivity index (χ4v) is 2.96. The molecule has 1 heterocycles. The van der Waals surface area contributed by atoms with Gasteiger partial charge in [0.1, 0.15) is 12.4 Å². The Morgan fingerprint density at radius 2 is 1.68 bits per heavy atom. The lowest BCUT2D eigenvalue weighted by Gasteiger charge is -2.36. The molecule has 1 aliphatic heterocycles. The Labute approximate surface area is 149 Å². The van der Waals surface area contributed by atoms with Crippen molar-refractivity contribution in [2.24, 2.45) is 0 Å². The third-order valence-electron chi connectivity index (χ3n) is 4.42. The van der Waals surface area contributed by atoms with Crippen LogP contribution in [0.3, 0.4) is 0 Å². The lowest BCUT2D eigenvalue weighted by molar-refractivity contribution is 0.191. The second kappa shape index (κ2) is 8.42. The standard InChI is InChI=1S/C20H25N3O2/c1-17-7-5-6-10-19(17)25-16-11-21-20(24)23-14-12-22(13-15-23)18-8-3-2-4-9-18/h2-10H,11-16H2,1H3,(H,21,24). The largest absolute Gasteiger partial charge is 0.491 e. The molecule has 1 saturated heterocycles. The number of benzene rings is 2. The molecule has 0 radical (unpaired) electrons.